The van der Waals surface area contributed by atoms with Gasteiger partial charge in [0, 0.05) is 30.2 Å². The minimum absolute atomic E-state index is 1.01. The van der Waals surface area contributed by atoms with Crippen molar-refractivity contribution in [3.05, 3.63) is 35.0 Å². The van der Waals surface area contributed by atoms with Crippen molar-refractivity contribution in [3.8, 4) is 0 Å². The fraction of sp³-hybridized carbons (Fsp3) is 0.429. The molecule has 0 unspecified atom stereocenters. The van der Waals surface area contributed by atoms with Crippen LogP contribution in [0.5, 0.6) is 0 Å². The van der Waals surface area contributed by atoms with Crippen molar-refractivity contribution in [2.45, 2.75) is 20.4 Å². The first kappa shape index (κ1) is 11.2. The molecule has 0 saturated carbocycles. The van der Waals surface area contributed by atoms with Crippen molar-refractivity contribution in [2.75, 3.05) is 14.1 Å². The zero-order valence-corrected chi connectivity index (χ0v) is 10.8. The molecule has 16 heavy (non-hydrogen) atoms. The number of hydrogen-bond donors (Lipinski definition) is 0. The normalized spacial score (nSPS) is 11.6. The lowest BCUT2D eigenvalue weighted by Gasteiger charge is -2.10. The molecule has 2 heteroatoms. The number of benzene rings is 1. The highest BCUT2D eigenvalue weighted by Crippen LogP contribution is 2.28. The molecular formula is C14H20N2. The number of fused-ring (bicyclic) bond motifs is 1. The maximum atomic E-state index is 2.29. The van der Waals surface area contributed by atoms with Crippen molar-refractivity contribution >= 4 is 10.9 Å². The maximum absolute atomic E-state index is 2.29. The molecule has 2 aromatic rings. The largest absolute Gasteiger partial charge is 0.348 e. The van der Waals surface area contributed by atoms with Gasteiger partial charge in [-0.1, -0.05) is 12.1 Å². The predicted octanol–water partition coefficient (Wildman–Crippen LogP) is 2.86. The lowest BCUT2D eigenvalue weighted by atomic mass is 10.1. The van der Waals surface area contributed by atoms with Crippen LogP contribution in [0.1, 0.15) is 16.8 Å². The summed E-state index contributed by atoms with van der Waals surface area (Å²) in [5, 5.41) is 1.43. The zero-order chi connectivity index (χ0) is 11.9. The smallest absolute Gasteiger partial charge is 0.0485 e. The number of aryl methyl sites for hydroxylation is 2. The van der Waals surface area contributed by atoms with Crippen molar-refractivity contribution in [1.82, 2.24) is 9.47 Å². The Morgan fingerprint density at radius 1 is 1.19 bits per heavy atom. The molecule has 0 N–H and O–H groups in total. The lowest BCUT2D eigenvalue weighted by molar-refractivity contribution is 0.402. The van der Waals surface area contributed by atoms with Gasteiger partial charge in [-0.3, -0.25) is 0 Å². The van der Waals surface area contributed by atoms with Gasteiger partial charge >= 0.3 is 0 Å². The molecule has 0 atom stereocenters. The van der Waals surface area contributed by atoms with Crippen LogP contribution in [0, 0.1) is 13.8 Å². The second kappa shape index (κ2) is 3.95. The predicted molar refractivity (Wildman–Crippen MR) is 69.8 cm³/mol. The standard InChI is InChI=1S/C14H20N2/c1-10-7-6-8-13-14(10)12(9-15(3)4)11(2)16(13)5/h6-8H,9H2,1-5H3. The average molecular weight is 216 g/mol. The molecule has 0 bridgehead atoms. The van der Waals surface area contributed by atoms with Gasteiger partial charge in [-0.2, -0.15) is 0 Å². The Morgan fingerprint density at radius 2 is 1.88 bits per heavy atom. The minimum Gasteiger partial charge on any atom is -0.348 e. The van der Waals surface area contributed by atoms with Crippen LogP contribution in [-0.2, 0) is 13.6 Å². The van der Waals surface area contributed by atoms with Gasteiger partial charge in [0.25, 0.3) is 0 Å². The van der Waals surface area contributed by atoms with Crippen LogP contribution in [0.25, 0.3) is 10.9 Å². The summed E-state index contributed by atoms with van der Waals surface area (Å²) in [6, 6.07) is 6.53. The quantitative estimate of drug-likeness (QED) is 0.749. The molecule has 0 saturated heterocycles. The highest BCUT2D eigenvalue weighted by atomic mass is 15.1. The molecular weight excluding hydrogens is 196 g/mol. The molecule has 0 aliphatic carbocycles. The van der Waals surface area contributed by atoms with Crippen LogP contribution in [-0.4, -0.2) is 23.6 Å². The summed E-state index contributed by atoms with van der Waals surface area (Å²) in [7, 11) is 6.39. The zero-order valence-electron chi connectivity index (χ0n) is 10.8. The first-order chi connectivity index (χ1) is 7.52. The Bertz CT molecular complexity index is 521. The van der Waals surface area contributed by atoms with E-state index in [-0.39, 0.29) is 0 Å². The first-order valence-corrected chi connectivity index (χ1v) is 5.70. The third-order valence-electron chi connectivity index (χ3n) is 3.33. The number of rotatable bonds is 2. The van der Waals surface area contributed by atoms with E-state index in [1.165, 1.54) is 27.7 Å². The summed E-state index contributed by atoms with van der Waals surface area (Å²) >= 11 is 0. The van der Waals surface area contributed by atoms with Crippen molar-refractivity contribution < 1.29 is 0 Å². The topological polar surface area (TPSA) is 8.17 Å². The molecule has 0 radical (unpaired) electrons. The Hall–Kier alpha value is -1.28. The molecule has 0 fully saturated rings. The molecule has 0 spiro atoms. The summed E-state index contributed by atoms with van der Waals surface area (Å²) in [4.78, 5) is 2.23. The molecule has 86 valence electrons. The van der Waals surface area contributed by atoms with Gasteiger partial charge in [0.1, 0.15) is 0 Å². The van der Waals surface area contributed by atoms with Gasteiger partial charge in [-0.25, -0.2) is 0 Å². The van der Waals surface area contributed by atoms with Crippen molar-refractivity contribution in [2.24, 2.45) is 7.05 Å². The van der Waals surface area contributed by atoms with Crippen LogP contribution in [0.2, 0.25) is 0 Å². The second-order valence-corrected chi connectivity index (χ2v) is 4.83. The van der Waals surface area contributed by atoms with Crippen LogP contribution >= 0.6 is 0 Å². The SMILES string of the molecule is Cc1cccc2c1c(CN(C)C)c(C)n2C. The molecule has 2 rings (SSSR count). The maximum Gasteiger partial charge on any atom is 0.0485 e. The van der Waals surface area contributed by atoms with E-state index in [4.69, 9.17) is 0 Å². The summed E-state index contributed by atoms with van der Waals surface area (Å²) in [6.45, 7) is 5.41. The Balaban J connectivity index is 2.76. The van der Waals surface area contributed by atoms with Gasteiger partial charge in [-0.15, -0.1) is 0 Å². The van der Waals surface area contributed by atoms with Gasteiger partial charge < -0.3 is 9.47 Å². The third kappa shape index (κ3) is 1.63. The minimum atomic E-state index is 1.01. The molecule has 0 aliphatic rings. The van der Waals surface area contributed by atoms with Crippen molar-refractivity contribution in [3.63, 3.8) is 0 Å². The molecule has 1 aromatic carbocycles. The third-order valence-corrected chi connectivity index (χ3v) is 3.33. The van der Waals surface area contributed by atoms with Crippen LogP contribution in [0.4, 0.5) is 0 Å². The number of nitrogens with zero attached hydrogens (tertiary/aromatic N) is 2. The van der Waals surface area contributed by atoms with E-state index in [1.807, 2.05) is 0 Å². The fourth-order valence-corrected chi connectivity index (χ4v) is 2.40. The van der Waals surface area contributed by atoms with Gasteiger partial charge in [-0.05, 0) is 45.1 Å². The Kier molecular flexibility index (Phi) is 2.76. The van der Waals surface area contributed by atoms with Gasteiger partial charge in [0.2, 0.25) is 0 Å². The van der Waals surface area contributed by atoms with Gasteiger partial charge in [0.15, 0.2) is 0 Å². The van der Waals surface area contributed by atoms with E-state index < -0.39 is 0 Å². The second-order valence-electron chi connectivity index (χ2n) is 4.83. The average Bonchev–Trinajstić information content (AvgIpc) is 2.45. The van der Waals surface area contributed by atoms with Crippen LogP contribution in [0.15, 0.2) is 18.2 Å². The lowest BCUT2D eigenvalue weighted by Crippen LogP contribution is -2.11. The molecule has 2 nitrogen and oxygen atoms in total. The molecule has 1 aromatic heterocycles. The fourth-order valence-electron chi connectivity index (χ4n) is 2.40. The van der Waals surface area contributed by atoms with E-state index in [2.05, 4.69) is 62.7 Å². The molecule has 1 heterocycles. The van der Waals surface area contributed by atoms with Crippen LogP contribution in [0.3, 0.4) is 0 Å². The number of hydrogen-bond acceptors (Lipinski definition) is 1. The van der Waals surface area contributed by atoms with E-state index in [1.54, 1.807) is 0 Å². The van der Waals surface area contributed by atoms with E-state index in [0.717, 1.165) is 6.54 Å². The van der Waals surface area contributed by atoms with Gasteiger partial charge in [0.05, 0.1) is 0 Å². The van der Waals surface area contributed by atoms with Crippen LogP contribution < -0.4 is 0 Å². The Labute approximate surface area is 97.5 Å². The number of aromatic nitrogens is 1. The summed E-state index contributed by atoms with van der Waals surface area (Å²) in [5.41, 5.74) is 5.55. The molecule has 0 aliphatic heterocycles. The Morgan fingerprint density at radius 3 is 2.50 bits per heavy atom. The summed E-state index contributed by atoms with van der Waals surface area (Å²) < 4.78 is 2.29. The van der Waals surface area contributed by atoms with Crippen molar-refractivity contribution in [1.29, 1.82) is 0 Å². The van der Waals surface area contributed by atoms with E-state index in [0.29, 0.717) is 0 Å². The first-order valence-electron chi connectivity index (χ1n) is 5.70. The van der Waals surface area contributed by atoms with E-state index in [9.17, 15) is 0 Å². The highest BCUT2D eigenvalue weighted by Gasteiger charge is 2.13. The summed E-state index contributed by atoms with van der Waals surface area (Å²) in [5.74, 6) is 0. The van der Waals surface area contributed by atoms with E-state index >= 15 is 0 Å². The highest BCUT2D eigenvalue weighted by molar-refractivity contribution is 5.88. The monoisotopic (exact) mass is 216 g/mol. The summed E-state index contributed by atoms with van der Waals surface area (Å²) in [6.07, 6.45) is 0. The molecule has 0 amide bonds.